The van der Waals surface area contributed by atoms with Crippen molar-refractivity contribution in [3.63, 3.8) is 0 Å². The van der Waals surface area contributed by atoms with Gasteiger partial charge in [0.15, 0.2) is 0 Å². The Kier molecular flexibility index (Phi) is 5.91. The Morgan fingerprint density at radius 3 is 2.87 bits per heavy atom. The van der Waals surface area contributed by atoms with Gasteiger partial charge in [-0.15, -0.1) is 11.3 Å². The fourth-order valence-corrected chi connectivity index (χ4v) is 2.57. The lowest BCUT2D eigenvalue weighted by molar-refractivity contribution is 0.472. The standard InChI is InChI=1S/C12H22N2S/c1-3-10(7-13)8-14-9-12-11(4-2)5-6-15-12/h5-6,10,14H,3-4,7-9,13H2,1-2H3. The summed E-state index contributed by atoms with van der Waals surface area (Å²) in [6, 6.07) is 2.22. The summed E-state index contributed by atoms with van der Waals surface area (Å²) in [6.07, 6.45) is 2.29. The second kappa shape index (κ2) is 6.99. The Labute approximate surface area is 96.9 Å². The molecule has 3 heteroatoms. The summed E-state index contributed by atoms with van der Waals surface area (Å²) in [6.45, 7) is 7.22. The minimum atomic E-state index is 0.620. The van der Waals surface area contributed by atoms with Gasteiger partial charge in [-0.25, -0.2) is 0 Å². The van der Waals surface area contributed by atoms with Crippen LogP contribution in [-0.2, 0) is 13.0 Å². The van der Waals surface area contributed by atoms with Crippen LogP contribution >= 0.6 is 11.3 Å². The predicted molar refractivity (Wildman–Crippen MR) is 68.2 cm³/mol. The van der Waals surface area contributed by atoms with Crippen LogP contribution in [0.3, 0.4) is 0 Å². The molecule has 1 rings (SSSR count). The van der Waals surface area contributed by atoms with E-state index in [0.29, 0.717) is 5.92 Å². The third kappa shape index (κ3) is 3.93. The highest BCUT2D eigenvalue weighted by molar-refractivity contribution is 7.10. The van der Waals surface area contributed by atoms with E-state index in [4.69, 9.17) is 5.73 Å². The minimum absolute atomic E-state index is 0.620. The average molecular weight is 226 g/mol. The van der Waals surface area contributed by atoms with Gasteiger partial charge in [-0.3, -0.25) is 0 Å². The number of thiophene rings is 1. The highest BCUT2D eigenvalue weighted by atomic mass is 32.1. The quantitative estimate of drug-likeness (QED) is 0.749. The van der Waals surface area contributed by atoms with Crippen molar-refractivity contribution in [2.75, 3.05) is 13.1 Å². The fourth-order valence-electron chi connectivity index (χ4n) is 1.62. The van der Waals surface area contributed by atoms with Crippen LogP contribution in [0.1, 0.15) is 30.7 Å². The van der Waals surface area contributed by atoms with Crippen molar-refractivity contribution in [3.05, 3.63) is 21.9 Å². The summed E-state index contributed by atoms with van der Waals surface area (Å²) >= 11 is 1.85. The van der Waals surface area contributed by atoms with Crippen LogP contribution in [-0.4, -0.2) is 13.1 Å². The lowest BCUT2D eigenvalue weighted by Gasteiger charge is -2.12. The first-order valence-electron chi connectivity index (χ1n) is 5.77. The van der Waals surface area contributed by atoms with Crippen molar-refractivity contribution in [2.45, 2.75) is 33.2 Å². The molecule has 0 amide bonds. The van der Waals surface area contributed by atoms with Crippen LogP contribution in [0.2, 0.25) is 0 Å². The van der Waals surface area contributed by atoms with E-state index in [0.717, 1.165) is 32.5 Å². The molecule has 1 heterocycles. The van der Waals surface area contributed by atoms with Crippen molar-refractivity contribution in [2.24, 2.45) is 11.7 Å². The van der Waals surface area contributed by atoms with E-state index in [1.807, 2.05) is 11.3 Å². The molecule has 1 aromatic rings. The molecule has 1 aromatic heterocycles. The van der Waals surface area contributed by atoms with Gasteiger partial charge < -0.3 is 11.1 Å². The topological polar surface area (TPSA) is 38.0 Å². The molecule has 3 N–H and O–H groups in total. The average Bonchev–Trinajstić information content (AvgIpc) is 2.72. The summed E-state index contributed by atoms with van der Waals surface area (Å²) in [7, 11) is 0. The largest absolute Gasteiger partial charge is 0.330 e. The van der Waals surface area contributed by atoms with E-state index < -0.39 is 0 Å². The maximum Gasteiger partial charge on any atom is 0.0302 e. The maximum absolute atomic E-state index is 5.66. The zero-order chi connectivity index (χ0) is 11.1. The number of nitrogens with two attached hydrogens (primary N) is 1. The second-order valence-corrected chi connectivity index (χ2v) is 4.86. The number of hydrogen-bond donors (Lipinski definition) is 2. The smallest absolute Gasteiger partial charge is 0.0302 e. The number of hydrogen-bond acceptors (Lipinski definition) is 3. The van der Waals surface area contributed by atoms with Crippen LogP contribution in [0, 0.1) is 5.92 Å². The number of nitrogens with one attached hydrogen (secondary N) is 1. The first kappa shape index (κ1) is 12.7. The Hall–Kier alpha value is -0.380. The molecule has 86 valence electrons. The van der Waals surface area contributed by atoms with Crippen molar-refractivity contribution in [1.82, 2.24) is 5.32 Å². The Balaban J connectivity index is 2.31. The summed E-state index contributed by atoms with van der Waals surface area (Å²) in [5.41, 5.74) is 7.14. The van der Waals surface area contributed by atoms with E-state index in [2.05, 4.69) is 30.6 Å². The van der Waals surface area contributed by atoms with Gasteiger partial charge >= 0.3 is 0 Å². The molecule has 0 saturated heterocycles. The summed E-state index contributed by atoms with van der Waals surface area (Å²) in [4.78, 5) is 1.48. The Morgan fingerprint density at radius 2 is 2.27 bits per heavy atom. The van der Waals surface area contributed by atoms with Crippen LogP contribution in [0.25, 0.3) is 0 Å². The highest BCUT2D eigenvalue weighted by Gasteiger charge is 2.05. The zero-order valence-electron chi connectivity index (χ0n) is 9.75. The van der Waals surface area contributed by atoms with Gasteiger partial charge in [0, 0.05) is 11.4 Å². The summed E-state index contributed by atoms with van der Waals surface area (Å²) < 4.78 is 0. The van der Waals surface area contributed by atoms with E-state index >= 15 is 0 Å². The molecule has 0 saturated carbocycles. The van der Waals surface area contributed by atoms with Gasteiger partial charge in [0.25, 0.3) is 0 Å². The minimum Gasteiger partial charge on any atom is -0.330 e. The Bertz CT molecular complexity index is 266. The Morgan fingerprint density at radius 1 is 1.47 bits per heavy atom. The molecule has 0 aromatic carbocycles. The zero-order valence-corrected chi connectivity index (χ0v) is 10.6. The number of aryl methyl sites for hydroxylation is 1. The third-order valence-electron chi connectivity index (χ3n) is 2.85. The van der Waals surface area contributed by atoms with Gasteiger partial charge in [-0.05, 0) is 42.4 Å². The van der Waals surface area contributed by atoms with Crippen molar-refractivity contribution >= 4 is 11.3 Å². The maximum atomic E-state index is 5.66. The van der Waals surface area contributed by atoms with Crippen LogP contribution in [0.15, 0.2) is 11.4 Å². The summed E-state index contributed by atoms with van der Waals surface area (Å²) in [5, 5.41) is 5.67. The highest BCUT2D eigenvalue weighted by Crippen LogP contribution is 2.16. The van der Waals surface area contributed by atoms with Gasteiger partial charge in [-0.1, -0.05) is 20.3 Å². The predicted octanol–water partition coefficient (Wildman–Crippen LogP) is 2.39. The van der Waals surface area contributed by atoms with Crippen molar-refractivity contribution in [1.29, 1.82) is 0 Å². The van der Waals surface area contributed by atoms with E-state index in [-0.39, 0.29) is 0 Å². The van der Waals surface area contributed by atoms with Gasteiger partial charge in [0.05, 0.1) is 0 Å². The van der Waals surface area contributed by atoms with E-state index in [1.54, 1.807) is 0 Å². The molecule has 0 bridgehead atoms. The molecular formula is C12H22N2S. The summed E-state index contributed by atoms with van der Waals surface area (Å²) in [5.74, 6) is 0.620. The van der Waals surface area contributed by atoms with Crippen LogP contribution in [0.4, 0.5) is 0 Å². The van der Waals surface area contributed by atoms with Crippen molar-refractivity contribution in [3.8, 4) is 0 Å². The lowest BCUT2D eigenvalue weighted by atomic mass is 10.1. The monoisotopic (exact) mass is 226 g/mol. The van der Waals surface area contributed by atoms with Gasteiger partial charge in [0.1, 0.15) is 0 Å². The second-order valence-electron chi connectivity index (χ2n) is 3.86. The fraction of sp³-hybridized carbons (Fsp3) is 0.667. The SMILES string of the molecule is CCc1ccsc1CNCC(CC)CN. The first-order chi connectivity index (χ1) is 7.31. The molecule has 0 aliphatic rings. The van der Waals surface area contributed by atoms with Gasteiger partial charge in [-0.2, -0.15) is 0 Å². The number of rotatable bonds is 7. The van der Waals surface area contributed by atoms with Crippen LogP contribution in [0.5, 0.6) is 0 Å². The normalized spacial score (nSPS) is 13.0. The molecule has 1 atom stereocenters. The van der Waals surface area contributed by atoms with Crippen LogP contribution < -0.4 is 11.1 Å². The molecule has 0 radical (unpaired) electrons. The molecule has 0 fully saturated rings. The molecule has 1 unspecified atom stereocenters. The molecule has 0 aliphatic heterocycles. The van der Waals surface area contributed by atoms with Crippen molar-refractivity contribution < 1.29 is 0 Å². The van der Waals surface area contributed by atoms with Gasteiger partial charge in [0.2, 0.25) is 0 Å². The first-order valence-corrected chi connectivity index (χ1v) is 6.65. The molecule has 2 nitrogen and oxygen atoms in total. The lowest BCUT2D eigenvalue weighted by Crippen LogP contribution is -2.27. The third-order valence-corrected chi connectivity index (χ3v) is 3.81. The molecule has 0 aliphatic carbocycles. The molecule has 0 spiro atoms. The van der Waals surface area contributed by atoms with E-state index in [1.165, 1.54) is 10.4 Å². The molecular weight excluding hydrogens is 204 g/mol. The molecule has 15 heavy (non-hydrogen) atoms. The van der Waals surface area contributed by atoms with E-state index in [9.17, 15) is 0 Å².